The standard InChI is InChI=1S/C28H33N5O5/c1-18(2)16-33-26-25(27(35)32(4)28(33)36)30-22(10-6-5-7-14-37-19(3)34)23(31-26)17-38-24-11-8-9-20-12-13-29-15-21(20)24/h8-9,11-13,15,18H,5-7,10,14,16-17H2,1-4H3. The van der Waals surface area contributed by atoms with E-state index in [4.69, 9.17) is 19.4 Å². The number of aromatic nitrogens is 5. The molecule has 0 N–H and O–H groups in total. The van der Waals surface area contributed by atoms with Gasteiger partial charge in [-0.15, -0.1) is 0 Å². The van der Waals surface area contributed by atoms with Crippen LogP contribution in [0, 0.1) is 5.92 Å². The number of hydrogen-bond acceptors (Lipinski definition) is 8. The molecule has 0 spiro atoms. The quantitative estimate of drug-likeness (QED) is 0.218. The molecule has 200 valence electrons. The molecule has 0 atom stereocenters. The number of aryl methyl sites for hydroxylation is 1. The van der Waals surface area contributed by atoms with Gasteiger partial charge in [0, 0.05) is 38.3 Å². The van der Waals surface area contributed by atoms with Crippen LogP contribution in [0.4, 0.5) is 0 Å². The first-order chi connectivity index (χ1) is 18.3. The van der Waals surface area contributed by atoms with E-state index in [9.17, 15) is 14.4 Å². The molecule has 10 heteroatoms. The molecule has 4 rings (SSSR count). The van der Waals surface area contributed by atoms with Gasteiger partial charge in [0.25, 0.3) is 5.56 Å². The molecule has 0 aliphatic heterocycles. The van der Waals surface area contributed by atoms with Crippen molar-refractivity contribution in [2.24, 2.45) is 13.0 Å². The molecule has 38 heavy (non-hydrogen) atoms. The maximum Gasteiger partial charge on any atom is 0.332 e. The lowest BCUT2D eigenvalue weighted by Crippen LogP contribution is -2.40. The van der Waals surface area contributed by atoms with Crippen LogP contribution in [-0.2, 0) is 36.2 Å². The number of unbranched alkanes of at least 4 members (excludes halogenated alkanes) is 2. The molecular weight excluding hydrogens is 486 g/mol. The SMILES string of the molecule is CC(=O)OCCCCCc1nc2c(=O)n(C)c(=O)n(CC(C)C)c2nc1COc1cccc2ccncc12. The number of ether oxygens (including phenoxy) is 2. The summed E-state index contributed by atoms with van der Waals surface area (Å²) in [7, 11) is 1.46. The van der Waals surface area contributed by atoms with Gasteiger partial charge in [-0.1, -0.05) is 26.0 Å². The van der Waals surface area contributed by atoms with E-state index in [0.29, 0.717) is 36.7 Å². The number of carbonyl (C=O) groups is 1. The summed E-state index contributed by atoms with van der Waals surface area (Å²) in [5.41, 5.74) is 0.764. The van der Waals surface area contributed by atoms with Gasteiger partial charge in [0.15, 0.2) is 11.2 Å². The van der Waals surface area contributed by atoms with E-state index < -0.39 is 11.2 Å². The van der Waals surface area contributed by atoms with Gasteiger partial charge in [-0.25, -0.2) is 14.8 Å². The van der Waals surface area contributed by atoms with Crippen LogP contribution in [0.15, 0.2) is 46.2 Å². The van der Waals surface area contributed by atoms with Crippen molar-refractivity contribution in [3.8, 4) is 5.75 Å². The van der Waals surface area contributed by atoms with Crippen molar-refractivity contribution in [1.82, 2.24) is 24.1 Å². The molecule has 0 bridgehead atoms. The van der Waals surface area contributed by atoms with Crippen molar-refractivity contribution in [3.63, 3.8) is 0 Å². The van der Waals surface area contributed by atoms with Gasteiger partial charge < -0.3 is 9.47 Å². The van der Waals surface area contributed by atoms with E-state index >= 15 is 0 Å². The maximum absolute atomic E-state index is 13.0. The van der Waals surface area contributed by atoms with E-state index in [1.54, 1.807) is 12.4 Å². The Morgan fingerprint density at radius 2 is 1.87 bits per heavy atom. The van der Waals surface area contributed by atoms with Crippen LogP contribution in [0.5, 0.6) is 5.75 Å². The fourth-order valence-corrected chi connectivity index (χ4v) is 4.33. The fraction of sp³-hybridized carbons (Fsp3) is 0.429. The minimum atomic E-state index is -0.471. The predicted octanol–water partition coefficient (Wildman–Crippen LogP) is 3.55. The molecule has 0 radical (unpaired) electrons. The van der Waals surface area contributed by atoms with Crippen molar-refractivity contribution in [2.45, 2.75) is 59.6 Å². The minimum Gasteiger partial charge on any atom is -0.487 e. The topological polar surface area (TPSA) is 118 Å². The van der Waals surface area contributed by atoms with Crippen molar-refractivity contribution in [2.75, 3.05) is 6.61 Å². The molecule has 0 unspecified atom stereocenters. The highest BCUT2D eigenvalue weighted by molar-refractivity contribution is 5.87. The summed E-state index contributed by atoms with van der Waals surface area (Å²) in [5, 5.41) is 1.88. The monoisotopic (exact) mass is 519 g/mol. The molecule has 1 aromatic carbocycles. The van der Waals surface area contributed by atoms with Crippen LogP contribution < -0.4 is 16.0 Å². The van der Waals surface area contributed by atoms with Gasteiger partial charge in [0.2, 0.25) is 0 Å². The van der Waals surface area contributed by atoms with Gasteiger partial charge in [-0.05, 0) is 49.1 Å². The number of pyridine rings is 1. The lowest BCUT2D eigenvalue weighted by Gasteiger charge is -2.16. The third-order valence-corrected chi connectivity index (χ3v) is 6.23. The van der Waals surface area contributed by atoms with Gasteiger partial charge in [0.05, 0.1) is 12.3 Å². The van der Waals surface area contributed by atoms with Gasteiger partial charge in [-0.2, -0.15) is 0 Å². The highest BCUT2D eigenvalue weighted by Gasteiger charge is 2.19. The molecular formula is C28H33N5O5. The lowest BCUT2D eigenvalue weighted by molar-refractivity contribution is -0.141. The Morgan fingerprint density at radius 1 is 1.05 bits per heavy atom. The summed E-state index contributed by atoms with van der Waals surface area (Å²) >= 11 is 0. The smallest absolute Gasteiger partial charge is 0.332 e. The first-order valence-corrected chi connectivity index (χ1v) is 12.8. The second-order valence-electron chi connectivity index (χ2n) is 9.73. The van der Waals surface area contributed by atoms with Crippen LogP contribution in [-0.4, -0.2) is 36.7 Å². The number of fused-ring (bicyclic) bond motifs is 2. The third-order valence-electron chi connectivity index (χ3n) is 6.23. The second kappa shape index (κ2) is 12.0. The molecule has 0 amide bonds. The molecule has 3 aromatic heterocycles. The Balaban J connectivity index is 1.71. The largest absolute Gasteiger partial charge is 0.487 e. The molecule has 4 aromatic rings. The Labute approximate surface area is 220 Å². The summed E-state index contributed by atoms with van der Waals surface area (Å²) in [6.45, 7) is 6.28. The molecule has 0 aliphatic rings. The summed E-state index contributed by atoms with van der Waals surface area (Å²) in [6.07, 6.45) is 6.35. The maximum atomic E-state index is 13.0. The Bertz CT molecular complexity index is 1570. The van der Waals surface area contributed by atoms with Crippen molar-refractivity contribution >= 4 is 27.9 Å². The average Bonchev–Trinajstić information content (AvgIpc) is 2.90. The summed E-state index contributed by atoms with van der Waals surface area (Å²) < 4.78 is 13.8. The molecule has 0 fully saturated rings. The first kappa shape index (κ1) is 27.0. The zero-order valence-electron chi connectivity index (χ0n) is 22.3. The van der Waals surface area contributed by atoms with Crippen molar-refractivity contribution in [1.29, 1.82) is 0 Å². The average molecular weight is 520 g/mol. The van der Waals surface area contributed by atoms with Gasteiger partial charge >= 0.3 is 11.7 Å². The summed E-state index contributed by atoms with van der Waals surface area (Å²) in [5.74, 6) is 0.528. The fourth-order valence-electron chi connectivity index (χ4n) is 4.33. The van der Waals surface area contributed by atoms with E-state index in [0.717, 1.165) is 34.6 Å². The van der Waals surface area contributed by atoms with Crippen molar-refractivity contribution in [3.05, 3.63) is 68.9 Å². The first-order valence-electron chi connectivity index (χ1n) is 12.8. The normalized spacial score (nSPS) is 11.4. The number of rotatable bonds is 11. The second-order valence-corrected chi connectivity index (χ2v) is 9.73. The van der Waals surface area contributed by atoms with Crippen LogP contribution in [0.3, 0.4) is 0 Å². The highest BCUT2D eigenvalue weighted by atomic mass is 16.5. The molecule has 0 saturated heterocycles. The van der Waals surface area contributed by atoms with Crippen LogP contribution >= 0.6 is 0 Å². The van der Waals surface area contributed by atoms with Crippen molar-refractivity contribution < 1.29 is 14.3 Å². The number of nitrogens with zero attached hydrogens (tertiary/aromatic N) is 5. The number of benzene rings is 1. The number of hydrogen-bond donors (Lipinski definition) is 0. The highest BCUT2D eigenvalue weighted by Crippen LogP contribution is 2.25. The summed E-state index contributed by atoms with van der Waals surface area (Å²) in [4.78, 5) is 50.7. The van der Waals surface area contributed by atoms with E-state index in [1.165, 1.54) is 18.5 Å². The Kier molecular flexibility index (Phi) is 8.50. The van der Waals surface area contributed by atoms with Gasteiger partial charge in [0.1, 0.15) is 18.1 Å². The van der Waals surface area contributed by atoms with Crippen LogP contribution in [0.1, 0.15) is 51.4 Å². The molecule has 3 heterocycles. The zero-order chi connectivity index (χ0) is 27.2. The molecule has 0 aliphatic carbocycles. The number of esters is 1. The summed E-state index contributed by atoms with van der Waals surface area (Å²) in [6, 6.07) is 7.69. The minimum absolute atomic E-state index is 0.116. The van der Waals surface area contributed by atoms with Gasteiger partial charge in [-0.3, -0.25) is 23.7 Å². The van der Waals surface area contributed by atoms with E-state index in [1.807, 2.05) is 38.1 Å². The Morgan fingerprint density at radius 3 is 2.63 bits per heavy atom. The molecule has 0 saturated carbocycles. The van der Waals surface area contributed by atoms with Crippen LogP contribution in [0.25, 0.3) is 21.9 Å². The Hall–Kier alpha value is -4.08. The zero-order valence-corrected chi connectivity index (χ0v) is 22.3. The molecule has 10 nitrogen and oxygen atoms in total. The van der Waals surface area contributed by atoms with Crippen LogP contribution in [0.2, 0.25) is 0 Å². The van der Waals surface area contributed by atoms with E-state index in [2.05, 4.69) is 4.98 Å². The predicted molar refractivity (Wildman–Crippen MR) is 144 cm³/mol. The third kappa shape index (κ3) is 6.07. The number of carbonyl (C=O) groups excluding carboxylic acids is 1. The lowest BCUT2D eigenvalue weighted by atomic mass is 10.1. The van der Waals surface area contributed by atoms with E-state index in [-0.39, 0.29) is 29.7 Å².